The summed E-state index contributed by atoms with van der Waals surface area (Å²) in [5, 5.41) is 20.1. The Kier molecular flexibility index (Phi) is 5.27. The number of benzene rings is 1. The lowest BCUT2D eigenvalue weighted by molar-refractivity contribution is -0.0390. The average molecular weight is 312 g/mol. The molecule has 0 aromatic heterocycles. The molecular formula is C15H20O5S. The molecule has 1 aromatic rings. The van der Waals surface area contributed by atoms with Crippen molar-refractivity contribution in [2.75, 3.05) is 12.4 Å². The summed E-state index contributed by atoms with van der Waals surface area (Å²) in [7, 11) is 0. The van der Waals surface area contributed by atoms with E-state index in [0.29, 0.717) is 5.56 Å². The van der Waals surface area contributed by atoms with Gasteiger partial charge in [0.15, 0.2) is 0 Å². The third-order valence-corrected chi connectivity index (χ3v) is 4.65. The molecule has 6 heteroatoms. The van der Waals surface area contributed by atoms with Gasteiger partial charge in [0.1, 0.15) is 29.9 Å². The Morgan fingerprint density at radius 3 is 2.67 bits per heavy atom. The van der Waals surface area contributed by atoms with Gasteiger partial charge in [0.2, 0.25) is 0 Å². The van der Waals surface area contributed by atoms with Gasteiger partial charge in [-0.1, -0.05) is 25.1 Å². The van der Waals surface area contributed by atoms with E-state index >= 15 is 0 Å². The summed E-state index contributed by atoms with van der Waals surface area (Å²) in [5.74, 6) is 0.272. The van der Waals surface area contributed by atoms with Crippen LogP contribution in [0.25, 0.3) is 0 Å². The smallest absolute Gasteiger partial charge is 0.338 e. The molecule has 1 aliphatic heterocycles. The summed E-state index contributed by atoms with van der Waals surface area (Å²) in [6.45, 7) is 3.58. The van der Waals surface area contributed by atoms with Gasteiger partial charge in [-0.2, -0.15) is 0 Å². The molecule has 0 aliphatic carbocycles. The van der Waals surface area contributed by atoms with Crippen LogP contribution in [-0.2, 0) is 9.47 Å². The Bertz CT molecular complexity index is 480. The van der Waals surface area contributed by atoms with Gasteiger partial charge in [-0.05, 0) is 24.8 Å². The minimum absolute atomic E-state index is 0.0914. The van der Waals surface area contributed by atoms with E-state index in [1.807, 2.05) is 13.0 Å². The highest BCUT2D eigenvalue weighted by atomic mass is 32.2. The minimum Gasteiger partial charge on any atom is -0.459 e. The van der Waals surface area contributed by atoms with Gasteiger partial charge in [0.05, 0.1) is 5.56 Å². The Labute approximate surface area is 128 Å². The molecule has 0 amide bonds. The fourth-order valence-corrected chi connectivity index (χ4v) is 3.38. The van der Waals surface area contributed by atoms with Gasteiger partial charge in [-0.25, -0.2) is 4.79 Å². The SMILES string of the molecule is CCS[C@]1(C)O[C@H](COC(=O)c2ccccc2)[C@H](O)[C@@H]1O. The lowest BCUT2D eigenvalue weighted by Crippen LogP contribution is -2.38. The van der Waals surface area contributed by atoms with Crippen LogP contribution in [0.4, 0.5) is 0 Å². The number of ether oxygens (including phenoxy) is 2. The van der Waals surface area contributed by atoms with Crippen LogP contribution in [0, 0.1) is 0 Å². The van der Waals surface area contributed by atoms with Crippen LogP contribution in [0.2, 0.25) is 0 Å². The largest absolute Gasteiger partial charge is 0.459 e. The average Bonchev–Trinajstić information content (AvgIpc) is 2.70. The first-order valence-electron chi connectivity index (χ1n) is 6.88. The molecule has 1 saturated heterocycles. The first-order valence-corrected chi connectivity index (χ1v) is 7.86. The summed E-state index contributed by atoms with van der Waals surface area (Å²) >= 11 is 1.41. The summed E-state index contributed by atoms with van der Waals surface area (Å²) in [5.41, 5.74) is 0.441. The van der Waals surface area contributed by atoms with Crippen LogP contribution >= 0.6 is 11.8 Å². The van der Waals surface area contributed by atoms with Crippen molar-refractivity contribution in [3.8, 4) is 0 Å². The van der Waals surface area contributed by atoms with Crippen molar-refractivity contribution in [1.82, 2.24) is 0 Å². The molecule has 5 nitrogen and oxygen atoms in total. The van der Waals surface area contributed by atoms with E-state index in [2.05, 4.69) is 0 Å². The number of carbonyl (C=O) groups is 1. The van der Waals surface area contributed by atoms with E-state index in [4.69, 9.17) is 9.47 Å². The third-order valence-electron chi connectivity index (χ3n) is 3.45. The van der Waals surface area contributed by atoms with E-state index in [1.165, 1.54) is 11.8 Å². The zero-order valence-electron chi connectivity index (χ0n) is 12.1. The summed E-state index contributed by atoms with van der Waals surface area (Å²) in [4.78, 5) is 11.0. The molecule has 1 aliphatic rings. The first kappa shape index (κ1) is 16.3. The molecular weight excluding hydrogens is 292 g/mol. The van der Waals surface area contributed by atoms with Crippen LogP contribution in [0.1, 0.15) is 24.2 Å². The number of esters is 1. The van der Waals surface area contributed by atoms with Crippen LogP contribution < -0.4 is 0 Å². The monoisotopic (exact) mass is 312 g/mol. The fraction of sp³-hybridized carbons (Fsp3) is 0.533. The second kappa shape index (κ2) is 6.79. The van der Waals surface area contributed by atoms with Gasteiger partial charge < -0.3 is 19.7 Å². The minimum atomic E-state index is -1.07. The molecule has 2 N–H and O–H groups in total. The molecule has 116 valence electrons. The highest BCUT2D eigenvalue weighted by molar-refractivity contribution is 8.00. The van der Waals surface area contributed by atoms with Crippen molar-refractivity contribution >= 4 is 17.7 Å². The van der Waals surface area contributed by atoms with E-state index in [-0.39, 0.29) is 6.61 Å². The number of thioether (sulfide) groups is 1. The second-order valence-electron chi connectivity index (χ2n) is 5.01. The van der Waals surface area contributed by atoms with E-state index < -0.39 is 29.2 Å². The van der Waals surface area contributed by atoms with Crippen molar-refractivity contribution in [2.24, 2.45) is 0 Å². The molecule has 0 bridgehead atoms. The predicted octanol–water partition coefficient (Wildman–Crippen LogP) is 1.43. The van der Waals surface area contributed by atoms with Crippen LogP contribution in [-0.4, -0.2) is 51.8 Å². The summed E-state index contributed by atoms with van der Waals surface area (Å²) in [6, 6.07) is 8.61. The number of aliphatic hydroxyl groups excluding tert-OH is 2. The van der Waals surface area contributed by atoms with Gasteiger partial charge in [0, 0.05) is 0 Å². The highest BCUT2D eigenvalue weighted by Crippen LogP contribution is 2.39. The third kappa shape index (κ3) is 3.58. The van der Waals surface area contributed by atoms with Gasteiger partial charge >= 0.3 is 5.97 Å². The number of rotatable bonds is 5. The number of carbonyl (C=O) groups excluding carboxylic acids is 1. The lowest BCUT2D eigenvalue weighted by atomic mass is 10.1. The first-order chi connectivity index (χ1) is 9.98. The van der Waals surface area contributed by atoms with Crippen molar-refractivity contribution in [2.45, 2.75) is 37.1 Å². The maximum atomic E-state index is 11.8. The number of hydrogen-bond donors (Lipinski definition) is 2. The van der Waals surface area contributed by atoms with Crippen molar-refractivity contribution in [3.63, 3.8) is 0 Å². The Hall–Kier alpha value is -1.08. The molecule has 0 spiro atoms. The Morgan fingerprint density at radius 2 is 2.05 bits per heavy atom. The molecule has 0 saturated carbocycles. The van der Waals surface area contributed by atoms with E-state index in [9.17, 15) is 15.0 Å². The standard InChI is InChI=1S/C15H20O5S/c1-3-21-15(2)13(17)12(16)11(20-15)9-19-14(18)10-7-5-4-6-8-10/h4-8,11-13,16-17H,3,9H2,1-2H3/t11-,12+,13+,15+/m1/s1. The topological polar surface area (TPSA) is 76.0 Å². The maximum absolute atomic E-state index is 11.8. The lowest BCUT2D eigenvalue weighted by Gasteiger charge is -2.26. The molecule has 1 fully saturated rings. The van der Waals surface area contributed by atoms with Crippen molar-refractivity contribution < 1.29 is 24.5 Å². The Morgan fingerprint density at radius 1 is 1.38 bits per heavy atom. The van der Waals surface area contributed by atoms with Gasteiger partial charge in [-0.3, -0.25) is 0 Å². The van der Waals surface area contributed by atoms with Gasteiger partial charge in [-0.15, -0.1) is 11.8 Å². The zero-order chi connectivity index (χ0) is 15.5. The number of hydrogen-bond acceptors (Lipinski definition) is 6. The maximum Gasteiger partial charge on any atom is 0.338 e. The van der Waals surface area contributed by atoms with Gasteiger partial charge in [0.25, 0.3) is 0 Å². The molecule has 21 heavy (non-hydrogen) atoms. The normalized spacial score (nSPS) is 32.1. The van der Waals surface area contributed by atoms with Crippen LogP contribution in [0.5, 0.6) is 0 Å². The fourth-order valence-electron chi connectivity index (χ4n) is 2.31. The molecule has 2 rings (SSSR count). The number of aliphatic hydroxyl groups is 2. The summed E-state index contributed by atoms with van der Waals surface area (Å²) in [6.07, 6.45) is -2.81. The quantitative estimate of drug-likeness (QED) is 0.801. The highest BCUT2D eigenvalue weighted by Gasteiger charge is 2.51. The molecule has 0 unspecified atom stereocenters. The van der Waals surface area contributed by atoms with Crippen LogP contribution in [0.3, 0.4) is 0 Å². The van der Waals surface area contributed by atoms with E-state index in [1.54, 1.807) is 31.2 Å². The van der Waals surface area contributed by atoms with Crippen LogP contribution in [0.15, 0.2) is 30.3 Å². The van der Waals surface area contributed by atoms with Crippen molar-refractivity contribution in [1.29, 1.82) is 0 Å². The zero-order valence-corrected chi connectivity index (χ0v) is 12.9. The molecule has 1 heterocycles. The Balaban J connectivity index is 1.93. The van der Waals surface area contributed by atoms with E-state index in [0.717, 1.165) is 5.75 Å². The molecule has 1 aromatic carbocycles. The van der Waals surface area contributed by atoms with Crippen molar-refractivity contribution in [3.05, 3.63) is 35.9 Å². The molecule has 4 atom stereocenters. The second-order valence-corrected chi connectivity index (χ2v) is 6.68. The molecule has 0 radical (unpaired) electrons. The predicted molar refractivity (Wildman–Crippen MR) is 80.1 cm³/mol. The summed E-state index contributed by atoms with van der Waals surface area (Å²) < 4.78 is 10.8.